The Hall–Kier alpha value is -3.40. The largest absolute Gasteiger partial charge is 0.461 e. The van der Waals surface area contributed by atoms with Crippen molar-refractivity contribution in [3.05, 3.63) is 41.8 Å². The molecule has 6 heterocycles. The first kappa shape index (κ1) is 23.7. The lowest BCUT2D eigenvalue weighted by atomic mass is 9.95. The molecule has 0 amide bonds. The SMILES string of the molecule is O=C1CN(c2ncc3c(N4CCCCC4)nc(OC[C@@]45CCCN4C[C@H](F)C5)nc3c2F)c2ccccc21. The van der Waals surface area contributed by atoms with E-state index in [1.54, 1.807) is 29.3 Å². The van der Waals surface area contributed by atoms with E-state index in [0.29, 0.717) is 35.4 Å². The van der Waals surface area contributed by atoms with Gasteiger partial charge in [-0.1, -0.05) is 12.1 Å². The Bertz CT molecular complexity index is 1410. The van der Waals surface area contributed by atoms with Gasteiger partial charge in [0, 0.05) is 37.8 Å². The van der Waals surface area contributed by atoms with Crippen molar-refractivity contribution in [2.24, 2.45) is 0 Å². The number of piperidine rings is 1. The Kier molecular flexibility index (Phi) is 5.68. The van der Waals surface area contributed by atoms with E-state index in [4.69, 9.17) is 9.72 Å². The first-order chi connectivity index (χ1) is 18.5. The van der Waals surface area contributed by atoms with Crippen molar-refractivity contribution in [3.8, 4) is 6.01 Å². The predicted octanol–water partition coefficient (Wildman–Crippen LogP) is 4.44. The van der Waals surface area contributed by atoms with Crippen molar-refractivity contribution < 1.29 is 18.3 Å². The second-order valence-corrected chi connectivity index (χ2v) is 10.9. The first-order valence-corrected chi connectivity index (χ1v) is 13.6. The number of para-hydroxylation sites is 1. The summed E-state index contributed by atoms with van der Waals surface area (Å²) in [6, 6.07) is 7.26. The summed E-state index contributed by atoms with van der Waals surface area (Å²) in [6.07, 6.45) is 6.25. The lowest BCUT2D eigenvalue weighted by Gasteiger charge is -2.31. The summed E-state index contributed by atoms with van der Waals surface area (Å²) in [7, 11) is 0. The molecule has 0 bridgehead atoms. The van der Waals surface area contributed by atoms with E-state index < -0.39 is 12.0 Å². The zero-order chi connectivity index (χ0) is 25.9. The maximum Gasteiger partial charge on any atom is 0.319 e. The number of Topliss-reactive ketones (excluding diaryl/α,β-unsaturated/α-hetero) is 1. The number of hydrogen-bond donors (Lipinski definition) is 0. The molecule has 4 aliphatic rings. The van der Waals surface area contributed by atoms with Crippen LogP contribution in [0.15, 0.2) is 30.5 Å². The van der Waals surface area contributed by atoms with Gasteiger partial charge in [-0.3, -0.25) is 9.69 Å². The van der Waals surface area contributed by atoms with E-state index >= 15 is 4.39 Å². The van der Waals surface area contributed by atoms with Crippen LogP contribution in [0.25, 0.3) is 10.9 Å². The minimum absolute atomic E-state index is 0.0188. The van der Waals surface area contributed by atoms with Gasteiger partial charge in [0.25, 0.3) is 0 Å². The third-order valence-corrected chi connectivity index (χ3v) is 8.56. The molecule has 3 aromatic rings. The van der Waals surface area contributed by atoms with Gasteiger partial charge in [-0.15, -0.1) is 0 Å². The molecule has 198 valence electrons. The van der Waals surface area contributed by atoms with Gasteiger partial charge in [-0.05, 0) is 50.8 Å². The topological polar surface area (TPSA) is 74.7 Å². The van der Waals surface area contributed by atoms with Crippen molar-refractivity contribution in [3.63, 3.8) is 0 Å². The van der Waals surface area contributed by atoms with E-state index in [2.05, 4.69) is 19.8 Å². The number of carbonyl (C=O) groups excluding carboxylic acids is 1. The summed E-state index contributed by atoms with van der Waals surface area (Å²) < 4.78 is 36.7. The minimum atomic E-state index is -0.863. The van der Waals surface area contributed by atoms with Crippen LogP contribution in [0.1, 0.15) is 48.9 Å². The van der Waals surface area contributed by atoms with Gasteiger partial charge in [0.1, 0.15) is 24.1 Å². The molecule has 38 heavy (non-hydrogen) atoms. The molecule has 4 aliphatic heterocycles. The molecule has 0 unspecified atom stereocenters. The lowest BCUT2D eigenvalue weighted by Crippen LogP contribution is -2.43. The third kappa shape index (κ3) is 3.80. The van der Waals surface area contributed by atoms with E-state index in [1.165, 1.54) is 0 Å². The molecule has 10 heteroatoms. The Morgan fingerprint density at radius 3 is 2.76 bits per heavy atom. The molecule has 8 nitrogen and oxygen atoms in total. The number of ether oxygens (including phenoxy) is 1. The lowest BCUT2D eigenvalue weighted by molar-refractivity contribution is 0.101. The fraction of sp³-hybridized carbons (Fsp3) is 0.500. The number of aromatic nitrogens is 3. The molecule has 0 aliphatic carbocycles. The molecule has 7 rings (SSSR count). The van der Waals surface area contributed by atoms with E-state index in [9.17, 15) is 9.18 Å². The highest BCUT2D eigenvalue weighted by atomic mass is 19.1. The Balaban J connectivity index is 1.29. The second-order valence-electron chi connectivity index (χ2n) is 10.9. The van der Waals surface area contributed by atoms with Gasteiger partial charge in [0.15, 0.2) is 17.4 Å². The van der Waals surface area contributed by atoms with Gasteiger partial charge < -0.3 is 14.5 Å². The molecule has 3 fully saturated rings. The average Bonchev–Trinajstić information content (AvgIpc) is 3.58. The summed E-state index contributed by atoms with van der Waals surface area (Å²) in [5, 5.41) is 0.518. The summed E-state index contributed by atoms with van der Waals surface area (Å²) in [6.45, 7) is 3.20. The number of ketones is 1. The van der Waals surface area contributed by atoms with Gasteiger partial charge >= 0.3 is 6.01 Å². The summed E-state index contributed by atoms with van der Waals surface area (Å²) in [4.78, 5) is 32.2. The average molecular weight is 521 g/mol. The highest BCUT2D eigenvalue weighted by molar-refractivity contribution is 6.10. The van der Waals surface area contributed by atoms with Crippen molar-refractivity contribution in [2.45, 2.75) is 50.2 Å². The van der Waals surface area contributed by atoms with Crippen LogP contribution in [0.5, 0.6) is 6.01 Å². The van der Waals surface area contributed by atoms with Crippen molar-refractivity contribution >= 4 is 34.0 Å². The van der Waals surface area contributed by atoms with Crippen LogP contribution >= 0.6 is 0 Å². The zero-order valence-electron chi connectivity index (χ0n) is 21.2. The fourth-order valence-corrected chi connectivity index (χ4v) is 6.71. The smallest absolute Gasteiger partial charge is 0.319 e. The van der Waals surface area contributed by atoms with Crippen LogP contribution in [-0.2, 0) is 0 Å². The summed E-state index contributed by atoms with van der Waals surface area (Å²) in [5.74, 6) is -0.0219. The number of anilines is 3. The number of halogens is 2. The van der Waals surface area contributed by atoms with Gasteiger partial charge in [-0.2, -0.15) is 9.97 Å². The van der Waals surface area contributed by atoms with Gasteiger partial charge in [-0.25, -0.2) is 13.8 Å². The zero-order valence-corrected chi connectivity index (χ0v) is 21.2. The van der Waals surface area contributed by atoms with Crippen LogP contribution < -0.4 is 14.5 Å². The summed E-state index contributed by atoms with van der Waals surface area (Å²) in [5.41, 5.74) is 0.947. The number of benzene rings is 1. The number of nitrogens with zero attached hydrogens (tertiary/aromatic N) is 6. The molecule has 0 N–H and O–H groups in total. The molecular weight excluding hydrogens is 490 g/mol. The Morgan fingerprint density at radius 1 is 1.05 bits per heavy atom. The minimum Gasteiger partial charge on any atom is -0.461 e. The van der Waals surface area contributed by atoms with E-state index in [1.807, 2.05) is 6.07 Å². The summed E-state index contributed by atoms with van der Waals surface area (Å²) >= 11 is 0. The number of fused-ring (bicyclic) bond motifs is 3. The first-order valence-electron chi connectivity index (χ1n) is 13.6. The van der Waals surface area contributed by atoms with E-state index in [-0.39, 0.29) is 41.8 Å². The van der Waals surface area contributed by atoms with Crippen molar-refractivity contribution in [1.29, 1.82) is 0 Å². The standard InChI is InChI=1S/C28H30F2N6O2/c29-18-13-28(9-6-12-35(28)15-18)17-38-27-32-24-20(25(33-27)34-10-4-1-5-11-34)14-31-26(23(24)30)36-16-22(37)19-7-2-3-8-21(19)36/h2-3,7-8,14,18H,1,4-6,9-13,15-17H2/t18-,28+/m1/s1. The predicted molar refractivity (Wildman–Crippen MR) is 140 cm³/mol. The van der Waals surface area contributed by atoms with Crippen LogP contribution in [0.4, 0.5) is 26.1 Å². The Morgan fingerprint density at radius 2 is 1.89 bits per heavy atom. The molecule has 0 radical (unpaired) electrons. The van der Waals surface area contributed by atoms with Gasteiger partial charge in [0.05, 0.1) is 23.2 Å². The normalized spacial score (nSPS) is 25.3. The van der Waals surface area contributed by atoms with Crippen LogP contribution in [0.2, 0.25) is 0 Å². The second kappa shape index (κ2) is 9.11. The molecular formula is C28H30F2N6O2. The highest BCUT2D eigenvalue weighted by Gasteiger charge is 2.49. The van der Waals surface area contributed by atoms with Crippen molar-refractivity contribution in [1.82, 2.24) is 19.9 Å². The Labute approximate surface area is 219 Å². The number of pyridine rings is 1. The number of rotatable bonds is 5. The molecule has 0 saturated carbocycles. The monoisotopic (exact) mass is 520 g/mol. The third-order valence-electron chi connectivity index (χ3n) is 8.56. The molecule has 2 aromatic heterocycles. The highest BCUT2D eigenvalue weighted by Crippen LogP contribution is 2.41. The van der Waals surface area contributed by atoms with Crippen LogP contribution in [-0.4, -0.2) is 76.7 Å². The molecule has 2 atom stereocenters. The quantitative estimate of drug-likeness (QED) is 0.489. The van der Waals surface area contributed by atoms with E-state index in [0.717, 1.165) is 51.7 Å². The molecule has 0 spiro atoms. The maximum absolute atomic E-state index is 16.2. The number of hydrogen-bond acceptors (Lipinski definition) is 8. The number of carbonyl (C=O) groups is 1. The van der Waals surface area contributed by atoms with Crippen molar-refractivity contribution in [2.75, 3.05) is 49.1 Å². The van der Waals surface area contributed by atoms with Crippen LogP contribution in [0.3, 0.4) is 0 Å². The molecule has 3 saturated heterocycles. The van der Waals surface area contributed by atoms with Crippen LogP contribution in [0, 0.1) is 5.82 Å². The maximum atomic E-state index is 16.2. The molecule has 1 aromatic carbocycles. The fourth-order valence-electron chi connectivity index (χ4n) is 6.71. The number of alkyl halides is 1. The van der Waals surface area contributed by atoms with Gasteiger partial charge in [0.2, 0.25) is 0 Å².